The normalized spacial score (nSPS) is 11.5. The number of amides is 1. The van der Waals surface area contributed by atoms with Gasteiger partial charge in [-0.2, -0.15) is 18.3 Å². The first-order valence-corrected chi connectivity index (χ1v) is 8.73. The summed E-state index contributed by atoms with van der Waals surface area (Å²) in [5.41, 5.74) is 3.33. The number of anilines is 2. The lowest BCUT2D eigenvalue weighted by Gasteiger charge is -2.09. The molecule has 0 aliphatic carbocycles. The van der Waals surface area contributed by atoms with Crippen LogP contribution >= 0.6 is 0 Å². The highest BCUT2D eigenvalue weighted by molar-refractivity contribution is 6.03. The first kappa shape index (κ1) is 20.9. The van der Waals surface area contributed by atoms with Gasteiger partial charge in [0, 0.05) is 12.7 Å². The minimum absolute atomic E-state index is 0.000631. The molecule has 0 saturated carbocycles. The van der Waals surface area contributed by atoms with Crippen LogP contribution in [0.1, 0.15) is 28.5 Å². The highest BCUT2D eigenvalue weighted by atomic mass is 19.4. The number of rotatable bonds is 5. The van der Waals surface area contributed by atoms with Crippen molar-refractivity contribution in [2.45, 2.75) is 26.2 Å². The van der Waals surface area contributed by atoms with Crippen molar-refractivity contribution >= 4 is 17.4 Å². The predicted molar refractivity (Wildman–Crippen MR) is 102 cm³/mol. The van der Waals surface area contributed by atoms with Crippen LogP contribution in [-0.2, 0) is 19.3 Å². The lowest BCUT2D eigenvalue weighted by atomic mass is 10.1. The molecule has 4 N–H and O–H groups in total. The minimum atomic E-state index is -4.47. The number of benzene rings is 1. The molecule has 1 aromatic carbocycles. The number of hydrogen-bond acceptors (Lipinski definition) is 5. The molecule has 0 radical (unpaired) electrons. The molecule has 2 heterocycles. The zero-order valence-corrected chi connectivity index (χ0v) is 15.7. The molecule has 3 aromatic rings. The van der Waals surface area contributed by atoms with E-state index in [1.807, 2.05) is 0 Å². The zero-order valence-electron chi connectivity index (χ0n) is 15.7. The van der Waals surface area contributed by atoms with Crippen molar-refractivity contribution in [1.29, 1.82) is 0 Å². The second kappa shape index (κ2) is 7.89. The van der Waals surface area contributed by atoms with Crippen LogP contribution in [0.4, 0.5) is 24.7 Å². The van der Waals surface area contributed by atoms with Gasteiger partial charge in [-0.15, -0.1) is 0 Å². The van der Waals surface area contributed by atoms with Crippen LogP contribution in [0.15, 0.2) is 46.1 Å². The quantitative estimate of drug-likeness (QED) is 0.576. The summed E-state index contributed by atoms with van der Waals surface area (Å²) in [7, 11) is 0. The lowest BCUT2D eigenvalue weighted by molar-refractivity contribution is -0.137. The van der Waals surface area contributed by atoms with Crippen molar-refractivity contribution < 1.29 is 18.0 Å². The number of aromatic amines is 1. The number of H-pyrrole nitrogens is 1. The molecule has 30 heavy (non-hydrogen) atoms. The molecule has 0 fully saturated rings. The van der Waals surface area contributed by atoms with Crippen LogP contribution in [-0.4, -0.2) is 25.2 Å². The topological polar surface area (TPSA) is 128 Å². The summed E-state index contributed by atoms with van der Waals surface area (Å²) in [4.78, 5) is 38.7. The molecule has 0 bridgehead atoms. The third kappa shape index (κ3) is 4.26. The Morgan fingerprint density at radius 1 is 1.27 bits per heavy atom. The number of nitrogens with one attached hydrogen (secondary N) is 2. The fourth-order valence-corrected chi connectivity index (χ4v) is 2.78. The molecule has 0 atom stereocenters. The average molecular weight is 422 g/mol. The van der Waals surface area contributed by atoms with Gasteiger partial charge in [0.25, 0.3) is 11.5 Å². The van der Waals surface area contributed by atoms with Crippen LogP contribution < -0.4 is 22.3 Å². The molecule has 12 heteroatoms. The summed E-state index contributed by atoms with van der Waals surface area (Å²) in [6.07, 6.45) is -3.05. The van der Waals surface area contributed by atoms with Crippen molar-refractivity contribution in [1.82, 2.24) is 19.3 Å². The number of nitrogens with zero attached hydrogens (tertiary/aromatic N) is 3. The standard InChI is InChI=1S/C18H17F3N6O3/c1-2-27-16(29)13(14(22)24-17(27)30)23-15(28)12-6-7-26(25-12)9-10-4-3-5-11(8-10)18(19,20)21/h3-8H,2,9,22H2,1H3,(H,23,28)(H,24,30). The first-order valence-electron chi connectivity index (χ1n) is 8.73. The molecule has 0 aliphatic rings. The summed E-state index contributed by atoms with van der Waals surface area (Å²) >= 11 is 0. The third-order valence-corrected chi connectivity index (χ3v) is 4.24. The van der Waals surface area contributed by atoms with Gasteiger partial charge in [-0.1, -0.05) is 12.1 Å². The number of aromatic nitrogens is 4. The maximum Gasteiger partial charge on any atom is 0.416 e. The van der Waals surface area contributed by atoms with Crippen molar-refractivity contribution in [3.05, 3.63) is 74.2 Å². The van der Waals surface area contributed by atoms with Gasteiger partial charge in [0.2, 0.25) is 0 Å². The van der Waals surface area contributed by atoms with Crippen LogP contribution in [0.25, 0.3) is 0 Å². The Hall–Kier alpha value is -3.83. The molecule has 158 valence electrons. The Kier molecular flexibility index (Phi) is 5.49. The molecular weight excluding hydrogens is 405 g/mol. The third-order valence-electron chi connectivity index (χ3n) is 4.24. The van der Waals surface area contributed by atoms with Gasteiger partial charge < -0.3 is 11.1 Å². The largest absolute Gasteiger partial charge is 0.416 e. The van der Waals surface area contributed by atoms with E-state index in [1.165, 1.54) is 29.1 Å². The maximum atomic E-state index is 12.8. The van der Waals surface area contributed by atoms with E-state index in [0.717, 1.165) is 16.7 Å². The number of carbonyl (C=O) groups is 1. The van der Waals surface area contributed by atoms with Gasteiger partial charge >= 0.3 is 11.9 Å². The second-order valence-electron chi connectivity index (χ2n) is 6.32. The highest BCUT2D eigenvalue weighted by Gasteiger charge is 2.30. The Balaban J connectivity index is 1.80. The van der Waals surface area contributed by atoms with E-state index in [2.05, 4.69) is 15.4 Å². The smallest absolute Gasteiger partial charge is 0.383 e. The fraction of sp³-hybridized carbons (Fsp3) is 0.222. The number of carbonyl (C=O) groups excluding carboxylic acids is 1. The molecule has 0 unspecified atom stereocenters. The van der Waals surface area contributed by atoms with Crippen molar-refractivity contribution in [3.8, 4) is 0 Å². The number of nitrogen functional groups attached to an aromatic ring is 1. The highest BCUT2D eigenvalue weighted by Crippen LogP contribution is 2.29. The van der Waals surface area contributed by atoms with E-state index in [1.54, 1.807) is 6.92 Å². The molecule has 2 aromatic heterocycles. The van der Waals surface area contributed by atoms with E-state index in [0.29, 0.717) is 5.56 Å². The van der Waals surface area contributed by atoms with Gasteiger partial charge in [-0.3, -0.25) is 23.8 Å². The molecule has 3 rings (SSSR count). The van der Waals surface area contributed by atoms with Gasteiger partial charge in [0.1, 0.15) is 11.5 Å². The summed E-state index contributed by atoms with van der Waals surface area (Å²) in [5.74, 6) is -1.07. The van der Waals surface area contributed by atoms with Crippen LogP contribution in [0.3, 0.4) is 0 Å². The monoisotopic (exact) mass is 422 g/mol. The number of hydrogen-bond donors (Lipinski definition) is 3. The number of halogens is 3. The molecule has 0 aliphatic heterocycles. The average Bonchev–Trinajstić information content (AvgIpc) is 3.13. The Labute approximate surface area is 166 Å². The summed E-state index contributed by atoms with van der Waals surface area (Å²) in [6.45, 7) is 1.65. The van der Waals surface area contributed by atoms with Crippen molar-refractivity contribution in [2.75, 3.05) is 11.1 Å². The Morgan fingerprint density at radius 3 is 2.67 bits per heavy atom. The van der Waals surface area contributed by atoms with Gasteiger partial charge in [0.15, 0.2) is 5.69 Å². The van der Waals surface area contributed by atoms with Crippen LogP contribution in [0.5, 0.6) is 0 Å². The van der Waals surface area contributed by atoms with Gasteiger partial charge in [-0.25, -0.2) is 4.79 Å². The zero-order chi connectivity index (χ0) is 22.1. The first-order chi connectivity index (χ1) is 14.1. The van der Waals surface area contributed by atoms with E-state index < -0.39 is 28.9 Å². The second-order valence-corrected chi connectivity index (χ2v) is 6.32. The van der Waals surface area contributed by atoms with Crippen molar-refractivity contribution in [3.63, 3.8) is 0 Å². The van der Waals surface area contributed by atoms with E-state index in [-0.39, 0.29) is 30.3 Å². The summed E-state index contributed by atoms with van der Waals surface area (Å²) < 4.78 is 40.6. The predicted octanol–water partition coefficient (Wildman–Crippen LogP) is 1.65. The summed E-state index contributed by atoms with van der Waals surface area (Å²) in [5, 5.41) is 6.33. The Bertz CT molecular complexity index is 1210. The maximum absolute atomic E-state index is 12.8. The van der Waals surface area contributed by atoms with Crippen LogP contribution in [0.2, 0.25) is 0 Å². The summed E-state index contributed by atoms with van der Waals surface area (Å²) in [6, 6.07) is 6.08. The van der Waals surface area contributed by atoms with Gasteiger partial charge in [0.05, 0.1) is 12.1 Å². The van der Waals surface area contributed by atoms with E-state index in [9.17, 15) is 27.6 Å². The molecule has 1 amide bonds. The van der Waals surface area contributed by atoms with Gasteiger partial charge in [-0.05, 0) is 30.7 Å². The minimum Gasteiger partial charge on any atom is -0.383 e. The number of alkyl halides is 3. The lowest BCUT2D eigenvalue weighted by Crippen LogP contribution is -2.37. The Morgan fingerprint density at radius 2 is 2.00 bits per heavy atom. The van der Waals surface area contributed by atoms with E-state index >= 15 is 0 Å². The van der Waals surface area contributed by atoms with Crippen LogP contribution in [0, 0.1) is 0 Å². The number of nitrogens with two attached hydrogens (primary N) is 1. The fourth-order valence-electron chi connectivity index (χ4n) is 2.78. The molecule has 0 saturated heterocycles. The molecule has 0 spiro atoms. The van der Waals surface area contributed by atoms with Crippen molar-refractivity contribution in [2.24, 2.45) is 0 Å². The SMILES string of the molecule is CCn1c(=O)[nH]c(N)c(NC(=O)c2ccn(Cc3cccc(C(F)(F)F)c3)n2)c1=O. The molecule has 9 nitrogen and oxygen atoms in total. The van der Waals surface area contributed by atoms with E-state index in [4.69, 9.17) is 5.73 Å². The molecular formula is C18H17F3N6O3.